The molecule has 0 fully saturated rings. The predicted molar refractivity (Wildman–Crippen MR) is 224 cm³/mol. The maximum absolute atomic E-state index is 10.5. The van der Waals surface area contributed by atoms with E-state index >= 15 is 0 Å². The minimum absolute atomic E-state index is 0.570. The first-order chi connectivity index (χ1) is 27.2. The third-order valence-electron chi connectivity index (χ3n) is 11.1. The van der Waals surface area contributed by atoms with Gasteiger partial charge < -0.3 is 13.7 Å². The largest absolute Gasteiger partial charge is 0.309 e. The fourth-order valence-electron chi connectivity index (χ4n) is 8.82. The second kappa shape index (κ2) is 11.8. The van der Waals surface area contributed by atoms with E-state index in [1.165, 1.54) is 32.6 Å². The third-order valence-corrected chi connectivity index (χ3v) is 11.1. The number of hydrogen-bond acceptors (Lipinski definition) is 2. The maximum atomic E-state index is 10.5. The quantitative estimate of drug-likeness (QED) is 0.184. The van der Waals surface area contributed by atoms with Gasteiger partial charge in [-0.3, -0.25) is 0 Å². The molecule has 0 amide bonds. The lowest BCUT2D eigenvalue weighted by molar-refractivity contribution is 1.16. The average Bonchev–Trinajstić information content (AvgIpc) is 3.89. The summed E-state index contributed by atoms with van der Waals surface area (Å²) in [6.07, 6.45) is 0. The molecule has 254 valence electrons. The van der Waals surface area contributed by atoms with Crippen molar-refractivity contribution < 1.29 is 0 Å². The standard InChI is InChI=1S/C50H29N5/c51-30-32-24-27-46-40(28-32)38-15-4-9-20-44(38)55(46)49-29-33(25-26-34(49)31-52)35-12-1-6-17-41(35)53-45-21-10-5-16-39(45)50-47(53)22-11-23-48(50)54-42-18-7-2-13-36(42)37-14-3-8-19-43(37)54/h1-29H. The molecule has 0 spiro atoms. The van der Waals surface area contributed by atoms with Crippen LogP contribution in [0.4, 0.5) is 0 Å². The van der Waals surface area contributed by atoms with E-state index in [0.29, 0.717) is 11.1 Å². The SMILES string of the molecule is N#Cc1ccc2c(c1)c1ccccc1n2-c1cc(-c2ccccc2-n2c3ccccc3c3c(-n4c5ccccc5c5ccccc54)cccc32)ccc1C#N. The molecule has 55 heavy (non-hydrogen) atoms. The molecular formula is C50H29N5. The van der Waals surface area contributed by atoms with E-state index in [9.17, 15) is 10.5 Å². The van der Waals surface area contributed by atoms with Crippen molar-refractivity contribution in [3.05, 3.63) is 187 Å². The summed E-state index contributed by atoms with van der Waals surface area (Å²) in [5.74, 6) is 0. The molecule has 11 rings (SSSR count). The molecule has 0 bridgehead atoms. The van der Waals surface area contributed by atoms with Crippen LogP contribution in [0.2, 0.25) is 0 Å². The molecule has 0 aliphatic heterocycles. The lowest BCUT2D eigenvalue weighted by Crippen LogP contribution is -2.01. The summed E-state index contributed by atoms with van der Waals surface area (Å²) in [7, 11) is 0. The van der Waals surface area contributed by atoms with Crippen molar-refractivity contribution in [2.45, 2.75) is 0 Å². The van der Waals surface area contributed by atoms with Gasteiger partial charge in [-0.15, -0.1) is 0 Å². The van der Waals surface area contributed by atoms with Crippen LogP contribution in [0.5, 0.6) is 0 Å². The van der Waals surface area contributed by atoms with Crippen LogP contribution in [0.3, 0.4) is 0 Å². The normalized spacial score (nSPS) is 11.6. The van der Waals surface area contributed by atoms with Gasteiger partial charge in [0.2, 0.25) is 0 Å². The van der Waals surface area contributed by atoms with Gasteiger partial charge in [-0.25, -0.2) is 0 Å². The van der Waals surface area contributed by atoms with Crippen molar-refractivity contribution in [3.63, 3.8) is 0 Å². The Morgan fingerprint density at radius 1 is 0.345 bits per heavy atom. The number of benzene rings is 8. The number of aromatic nitrogens is 3. The Kier molecular flexibility index (Phi) is 6.61. The summed E-state index contributed by atoms with van der Waals surface area (Å²) in [6.45, 7) is 0. The van der Waals surface area contributed by atoms with E-state index < -0.39 is 0 Å². The minimum atomic E-state index is 0.570. The highest BCUT2D eigenvalue weighted by atomic mass is 15.0. The first-order valence-electron chi connectivity index (χ1n) is 18.3. The topological polar surface area (TPSA) is 62.4 Å². The van der Waals surface area contributed by atoms with Crippen LogP contribution in [0, 0.1) is 22.7 Å². The van der Waals surface area contributed by atoms with Gasteiger partial charge in [0.05, 0.1) is 67.4 Å². The van der Waals surface area contributed by atoms with E-state index in [1.54, 1.807) is 0 Å². The second-order valence-electron chi connectivity index (χ2n) is 14.0. The fourth-order valence-corrected chi connectivity index (χ4v) is 8.82. The zero-order chi connectivity index (χ0) is 36.6. The monoisotopic (exact) mass is 699 g/mol. The van der Waals surface area contributed by atoms with Gasteiger partial charge in [0.25, 0.3) is 0 Å². The molecule has 0 aliphatic rings. The molecule has 3 aromatic heterocycles. The van der Waals surface area contributed by atoms with Crippen molar-refractivity contribution >= 4 is 65.4 Å². The van der Waals surface area contributed by atoms with Crippen LogP contribution in [0.1, 0.15) is 11.1 Å². The Balaban J connectivity index is 1.18. The lowest BCUT2D eigenvalue weighted by atomic mass is 10.00. The molecule has 0 aliphatic carbocycles. The lowest BCUT2D eigenvalue weighted by Gasteiger charge is -2.17. The molecule has 0 radical (unpaired) electrons. The Morgan fingerprint density at radius 2 is 0.855 bits per heavy atom. The van der Waals surface area contributed by atoms with Gasteiger partial charge in [0.1, 0.15) is 6.07 Å². The molecule has 0 unspecified atom stereocenters. The molecule has 8 aromatic carbocycles. The Morgan fingerprint density at radius 3 is 1.53 bits per heavy atom. The summed E-state index contributed by atoms with van der Waals surface area (Å²) >= 11 is 0. The molecule has 0 N–H and O–H groups in total. The molecule has 11 aromatic rings. The van der Waals surface area contributed by atoms with Crippen molar-refractivity contribution in [1.29, 1.82) is 10.5 Å². The first-order valence-corrected chi connectivity index (χ1v) is 18.3. The number of rotatable bonds is 4. The highest BCUT2D eigenvalue weighted by molar-refractivity contribution is 6.17. The van der Waals surface area contributed by atoms with Crippen LogP contribution in [-0.4, -0.2) is 13.7 Å². The van der Waals surface area contributed by atoms with E-state index in [2.05, 4.69) is 165 Å². The van der Waals surface area contributed by atoms with E-state index in [0.717, 1.165) is 61.0 Å². The number of hydrogen-bond donors (Lipinski definition) is 0. The predicted octanol–water partition coefficient (Wildman–Crippen LogP) is 12.4. The number of fused-ring (bicyclic) bond motifs is 9. The molecule has 5 heteroatoms. The number of nitriles is 2. The summed E-state index contributed by atoms with van der Waals surface area (Å²) in [6, 6.07) is 66.0. The summed E-state index contributed by atoms with van der Waals surface area (Å²) < 4.78 is 6.96. The van der Waals surface area contributed by atoms with Gasteiger partial charge in [-0.05, 0) is 78.4 Å². The van der Waals surface area contributed by atoms with Crippen LogP contribution in [0.25, 0.3) is 93.6 Å². The molecule has 0 atom stereocenters. The Labute approximate surface area is 316 Å². The minimum Gasteiger partial charge on any atom is -0.309 e. The maximum Gasteiger partial charge on any atom is 0.101 e. The zero-order valence-electron chi connectivity index (χ0n) is 29.5. The molecule has 0 saturated heterocycles. The van der Waals surface area contributed by atoms with Crippen molar-refractivity contribution in [1.82, 2.24) is 13.7 Å². The number of nitrogens with zero attached hydrogens (tertiary/aromatic N) is 5. The van der Waals surface area contributed by atoms with Gasteiger partial charge in [-0.1, -0.05) is 103 Å². The van der Waals surface area contributed by atoms with E-state index in [4.69, 9.17) is 0 Å². The van der Waals surface area contributed by atoms with Crippen LogP contribution in [0.15, 0.2) is 176 Å². The summed E-state index contributed by atoms with van der Waals surface area (Å²) in [5.41, 5.74) is 12.7. The fraction of sp³-hybridized carbons (Fsp3) is 0. The third kappa shape index (κ3) is 4.39. The second-order valence-corrected chi connectivity index (χ2v) is 14.0. The molecule has 5 nitrogen and oxygen atoms in total. The van der Waals surface area contributed by atoms with Gasteiger partial charge >= 0.3 is 0 Å². The van der Waals surface area contributed by atoms with Crippen molar-refractivity contribution in [2.75, 3.05) is 0 Å². The Bertz CT molecular complexity index is 3420. The van der Waals surface area contributed by atoms with Gasteiger partial charge in [-0.2, -0.15) is 10.5 Å². The smallest absolute Gasteiger partial charge is 0.101 e. The van der Waals surface area contributed by atoms with Crippen molar-refractivity contribution in [2.24, 2.45) is 0 Å². The highest BCUT2D eigenvalue weighted by Crippen LogP contribution is 2.42. The molecule has 3 heterocycles. The van der Waals surface area contributed by atoms with Gasteiger partial charge in [0.15, 0.2) is 0 Å². The van der Waals surface area contributed by atoms with Crippen LogP contribution < -0.4 is 0 Å². The number of para-hydroxylation sites is 5. The first kappa shape index (κ1) is 30.7. The zero-order valence-corrected chi connectivity index (χ0v) is 29.5. The molecular weight excluding hydrogens is 671 g/mol. The van der Waals surface area contributed by atoms with Crippen LogP contribution in [-0.2, 0) is 0 Å². The van der Waals surface area contributed by atoms with E-state index in [-0.39, 0.29) is 0 Å². The van der Waals surface area contributed by atoms with E-state index in [1.807, 2.05) is 36.4 Å². The summed E-state index contributed by atoms with van der Waals surface area (Å²) in [5, 5.41) is 27.0. The molecule has 0 saturated carbocycles. The van der Waals surface area contributed by atoms with Crippen LogP contribution >= 0.6 is 0 Å². The summed E-state index contributed by atoms with van der Waals surface area (Å²) in [4.78, 5) is 0. The van der Waals surface area contributed by atoms with Gasteiger partial charge in [0, 0.05) is 37.9 Å². The Hall–Kier alpha value is -7.86. The average molecular weight is 700 g/mol. The highest BCUT2D eigenvalue weighted by Gasteiger charge is 2.22. The van der Waals surface area contributed by atoms with Crippen molar-refractivity contribution in [3.8, 4) is 40.3 Å².